The molecule has 2 aromatic carbocycles. The molecule has 0 aliphatic heterocycles. The van der Waals surface area contributed by atoms with Crippen molar-refractivity contribution in [2.24, 2.45) is 0 Å². The molecule has 94 valence electrons. The first-order valence-electron chi connectivity index (χ1n) is 6.17. The van der Waals surface area contributed by atoms with Gasteiger partial charge < -0.3 is 5.32 Å². The minimum atomic E-state index is -0.179. The summed E-state index contributed by atoms with van der Waals surface area (Å²) >= 11 is 0. The predicted molar refractivity (Wildman–Crippen MR) is 72.9 cm³/mol. The van der Waals surface area contributed by atoms with Crippen molar-refractivity contribution in [1.29, 1.82) is 0 Å². The molecule has 0 aliphatic carbocycles. The molecule has 0 aliphatic rings. The van der Waals surface area contributed by atoms with E-state index >= 15 is 0 Å². The van der Waals surface area contributed by atoms with Gasteiger partial charge in [0.1, 0.15) is 5.82 Å². The van der Waals surface area contributed by atoms with E-state index in [1.807, 2.05) is 6.07 Å². The molecule has 18 heavy (non-hydrogen) atoms. The third-order valence-electron chi connectivity index (χ3n) is 3.16. The topological polar surface area (TPSA) is 12.0 Å². The van der Waals surface area contributed by atoms with Crippen LogP contribution in [0, 0.1) is 19.7 Å². The van der Waals surface area contributed by atoms with Crippen LogP contribution < -0.4 is 5.32 Å². The van der Waals surface area contributed by atoms with E-state index in [0.717, 1.165) is 12.1 Å². The monoisotopic (exact) mass is 243 g/mol. The maximum atomic E-state index is 13.0. The van der Waals surface area contributed by atoms with Gasteiger partial charge in [-0.15, -0.1) is 0 Å². The smallest absolute Gasteiger partial charge is 0.123 e. The van der Waals surface area contributed by atoms with Gasteiger partial charge in [0.15, 0.2) is 0 Å². The van der Waals surface area contributed by atoms with Crippen LogP contribution in [0.25, 0.3) is 0 Å². The molecule has 0 saturated heterocycles. The van der Waals surface area contributed by atoms with Crippen molar-refractivity contribution in [1.82, 2.24) is 5.32 Å². The number of benzene rings is 2. The van der Waals surface area contributed by atoms with E-state index in [4.69, 9.17) is 0 Å². The summed E-state index contributed by atoms with van der Waals surface area (Å²) in [5, 5.41) is 3.36. The van der Waals surface area contributed by atoms with E-state index in [9.17, 15) is 4.39 Å². The highest BCUT2D eigenvalue weighted by Crippen LogP contribution is 2.13. The Morgan fingerprint density at radius 1 is 0.944 bits per heavy atom. The van der Waals surface area contributed by atoms with E-state index < -0.39 is 0 Å². The SMILES string of the molecule is Cc1cccc(C)c1CNCc1cccc(F)c1. The lowest BCUT2D eigenvalue weighted by molar-refractivity contribution is 0.620. The molecule has 1 N–H and O–H groups in total. The molecule has 0 aromatic heterocycles. The summed E-state index contributed by atoms with van der Waals surface area (Å²) in [5.74, 6) is -0.179. The van der Waals surface area contributed by atoms with Crippen molar-refractivity contribution in [3.63, 3.8) is 0 Å². The molecule has 0 atom stereocenters. The van der Waals surface area contributed by atoms with Gasteiger partial charge in [-0.2, -0.15) is 0 Å². The van der Waals surface area contributed by atoms with Crippen LogP contribution >= 0.6 is 0 Å². The molecule has 2 heteroatoms. The lowest BCUT2D eigenvalue weighted by atomic mass is 10.0. The van der Waals surface area contributed by atoms with Gasteiger partial charge in [0.2, 0.25) is 0 Å². The molecular formula is C16H18FN. The van der Waals surface area contributed by atoms with Crippen LogP contribution in [0.5, 0.6) is 0 Å². The number of hydrogen-bond donors (Lipinski definition) is 1. The number of nitrogens with one attached hydrogen (secondary N) is 1. The van der Waals surface area contributed by atoms with E-state index in [1.54, 1.807) is 12.1 Å². The average Bonchev–Trinajstić information content (AvgIpc) is 2.33. The maximum Gasteiger partial charge on any atom is 0.123 e. The molecule has 0 fully saturated rings. The van der Waals surface area contributed by atoms with Crippen molar-refractivity contribution in [2.45, 2.75) is 26.9 Å². The zero-order chi connectivity index (χ0) is 13.0. The Labute approximate surface area is 108 Å². The van der Waals surface area contributed by atoms with Gasteiger partial charge in [-0.3, -0.25) is 0 Å². The van der Waals surface area contributed by atoms with Crippen LogP contribution in [0.1, 0.15) is 22.3 Å². The summed E-state index contributed by atoms with van der Waals surface area (Å²) in [7, 11) is 0. The zero-order valence-corrected chi connectivity index (χ0v) is 10.8. The standard InChI is InChI=1S/C16H18FN/c1-12-5-3-6-13(2)16(12)11-18-10-14-7-4-8-15(17)9-14/h3-9,18H,10-11H2,1-2H3. The van der Waals surface area contributed by atoms with Crippen molar-refractivity contribution < 1.29 is 4.39 Å². The summed E-state index contributed by atoms with van der Waals surface area (Å²) in [6, 6.07) is 13.0. The highest BCUT2D eigenvalue weighted by atomic mass is 19.1. The molecule has 0 spiro atoms. The zero-order valence-electron chi connectivity index (χ0n) is 10.8. The van der Waals surface area contributed by atoms with E-state index in [2.05, 4.69) is 37.4 Å². The fourth-order valence-electron chi connectivity index (χ4n) is 2.11. The molecular weight excluding hydrogens is 225 g/mol. The van der Waals surface area contributed by atoms with Gasteiger partial charge in [0.05, 0.1) is 0 Å². The van der Waals surface area contributed by atoms with Crippen LogP contribution in [0.3, 0.4) is 0 Å². The third-order valence-corrected chi connectivity index (χ3v) is 3.16. The molecule has 1 nitrogen and oxygen atoms in total. The van der Waals surface area contributed by atoms with Gasteiger partial charge in [-0.1, -0.05) is 30.3 Å². The summed E-state index contributed by atoms with van der Waals surface area (Å²) in [5.41, 5.74) is 4.89. The van der Waals surface area contributed by atoms with Crippen LogP contribution in [-0.4, -0.2) is 0 Å². The first-order chi connectivity index (χ1) is 8.66. The normalized spacial score (nSPS) is 10.6. The molecule has 2 rings (SSSR count). The number of aryl methyl sites for hydroxylation is 2. The van der Waals surface area contributed by atoms with Gasteiger partial charge in [-0.05, 0) is 48.2 Å². The minimum absolute atomic E-state index is 0.179. The Morgan fingerprint density at radius 3 is 2.28 bits per heavy atom. The Hall–Kier alpha value is -1.67. The molecule has 0 heterocycles. The predicted octanol–water partition coefficient (Wildman–Crippen LogP) is 3.73. The van der Waals surface area contributed by atoms with Crippen molar-refractivity contribution >= 4 is 0 Å². The molecule has 2 aromatic rings. The molecule has 0 radical (unpaired) electrons. The third kappa shape index (κ3) is 3.17. The quantitative estimate of drug-likeness (QED) is 0.862. The maximum absolute atomic E-state index is 13.0. The first-order valence-corrected chi connectivity index (χ1v) is 6.17. The second-order valence-corrected chi connectivity index (χ2v) is 4.60. The first kappa shape index (κ1) is 12.8. The second kappa shape index (κ2) is 5.78. The summed E-state index contributed by atoms with van der Waals surface area (Å²) in [4.78, 5) is 0. The van der Waals surface area contributed by atoms with Crippen LogP contribution in [0.4, 0.5) is 4.39 Å². The van der Waals surface area contributed by atoms with E-state index in [1.165, 1.54) is 22.8 Å². The van der Waals surface area contributed by atoms with Crippen molar-refractivity contribution in [3.8, 4) is 0 Å². The van der Waals surface area contributed by atoms with Gasteiger partial charge >= 0.3 is 0 Å². The molecule has 0 saturated carbocycles. The summed E-state index contributed by atoms with van der Waals surface area (Å²) < 4.78 is 13.0. The Kier molecular flexibility index (Phi) is 4.11. The largest absolute Gasteiger partial charge is 0.309 e. The fraction of sp³-hybridized carbons (Fsp3) is 0.250. The van der Waals surface area contributed by atoms with Crippen molar-refractivity contribution in [2.75, 3.05) is 0 Å². The lowest BCUT2D eigenvalue weighted by Crippen LogP contribution is -2.14. The van der Waals surface area contributed by atoms with Gasteiger partial charge in [0, 0.05) is 13.1 Å². The van der Waals surface area contributed by atoms with Gasteiger partial charge in [-0.25, -0.2) is 4.39 Å². The minimum Gasteiger partial charge on any atom is -0.309 e. The highest BCUT2D eigenvalue weighted by molar-refractivity contribution is 5.33. The molecule has 0 bridgehead atoms. The fourth-order valence-corrected chi connectivity index (χ4v) is 2.11. The Morgan fingerprint density at radius 2 is 1.61 bits per heavy atom. The van der Waals surface area contributed by atoms with Gasteiger partial charge in [0.25, 0.3) is 0 Å². The summed E-state index contributed by atoms with van der Waals surface area (Å²) in [6.07, 6.45) is 0. The van der Waals surface area contributed by atoms with E-state index in [0.29, 0.717) is 6.54 Å². The average molecular weight is 243 g/mol. The highest BCUT2D eigenvalue weighted by Gasteiger charge is 2.01. The van der Waals surface area contributed by atoms with Crippen molar-refractivity contribution in [3.05, 3.63) is 70.5 Å². The number of rotatable bonds is 4. The van der Waals surface area contributed by atoms with Crippen LogP contribution in [-0.2, 0) is 13.1 Å². The van der Waals surface area contributed by atoms with E-state index in [-0.39, 0.29) is 5.82 Å². The second-order valence-electron chi connectivity index (χ2n) is 4.60. The van der Waals surface area contributed by atoms with Crippen LogP contribution in [0.2, 0.25) is 0 Å². The molecule has 0 amide bonds. The Bertz CT molecular complexity index is 514. The Balaban J connectivity index is 1.97. The number of halogens is 1. The molecule has 0 unspecified atom stereocenters. The van der Waals surface area contributed by atoms with Crippen LogP contribution in [0.15, 0.2) is 42.5 Å². The summed E-state index contributed by atoms with van der Waals surface area (Å²) in [6.45, 7) is 5.74. The lowest BCUT2D eigenvalue weighted by Gasteiger charge is -2.11. The number of hydrogen-bond acceptors (Lipinski definition) is 1.